The van der Waals surface area contributed by atoms with Gasteiger partial charge in [-0.3, -0.25) is 4.98 Å². The van der Waals surface area contributed by atoms with E-state index in [2.05, 4.69) is 27.3 Å². The molecule has 3 heterocycles. The SMILES string of the molecule is CC(Nc1cccnc1-n1cccn1)c1ccncc1. The van der Waals surface area contributed by atoms with Gasteiger partial charge in [0.15, 0.2) is 5.82 Å². The molecule has 20 heavy (non-hydrogen) atoms. The lowest BCUT2D eigenvalue weighted by molar-refractivity contribution is 0.828. The summed E-state index contributed by atoms with van der Waals surface area (Å²) in [6.45, 7) is 2.11. The molecular formula is C15H15N5. The number of hydrogen-bond donors (Lipinski definition) is 1. The molecule has 1 unspecified atom stereocenters. The van der Waals surface area contributed by atoms with Gasteiger partial charge in [-0.05, 0) is 42.8 Å². The third-order valence-electron chi connectivity index (χ3n) is 3.09. The summed E-state index contributed by atoms with van der Waals surface area (Å²) in [6, 6.07) is 9.96. The molecule has 1 atom stereocenters. The molecule has 0 radical (unpaired) electrons. The summed E-state index contributed by atoms with van der Waals surface area (Å²) in [5.41, 5.74) is 2.12. The van der Waals surface area contributed by atoms with E-state index in [9.17, 15) is 0 Å². The number of nitrogens with zero attached hydrogens (tertiary/aromatic N) is 4. The van der Waals surface area contributed by atoms with Crippen LogP contribution in [0.2, 0.25) is 0 Å². The van der Waals surface area contributed by atoms with E-state index in [0.717, 1.165) is 11.5 Å². The summed E-state index contributed by atoms with van der Waals surface area (Å²) in [5.74, 6) is 0.790. The van der Waals surface area contributed by atoms with Gasteiger partial charge in [-0.2, -0.15) is 5.10 Å². The zero-order valence-electron chi connectivity index (χ0n) is 11.1. The first-order valence-electron chi connectivity index (χ1n) is 6.46. The number of anilines is 1. The second kappa shape index (κ2) is 5.52. The first kappa shape index (κ1) is 12.3. The van der Waals surface area contributed by atoms with Crippen LogP contribution in [0.3, 0.4) is 0 Å². The van der Waals surface area contributed by atoms with Crippen LogP contribution in [0.1, 0.15) is 18.5 Å². The highest BCUT2D eigenvalue weighted by molar-refractivity contribution is 5.57. The molecule has 5 nitrogen and oxygen atoms in total. The van der Waals surface area contributed by atoms with Crippen molar-refractivity contribution in [3.8, 4) is 5.82 Å². The Hall–Kier alpha value is -2.69. The molecule has 0 saturated heterocycles. The van der Waals surface area contributed by atoms with E-state index >= 15 is 0 Å². The summed E-state index contributed by atoms with van der Waals surface area (Å²) in [4.78, 5) is 8.43. The summed E-state index contributed by atoms with van der Waals surface area (Å²) in [6.07, 6.45) is 8.98. The number of nitrogens with one attached hydrogen (secondary N) is 1. The van der Waals surface area contributed by atoms with Gasteiger partial charge in [0.05, 0.1) is 5.69 Å². The molecular weight excluding hydrogens is 250 g/mol. The third kappa shape index (κ3) is 2.51. The number of rotatable bonds is 4. The zero-order valence-corrected chi connectivity index (χ0v) is 11.1. The normalized spacial score (nSPS) is 12.1. The largest absolute Gasteiger partial charge is 0.375 e. The zero-order chi connectivity index (χ0) is 13.8. The van der Waals surface area contributed by atoms with Crippen LogP contribution in [0.25, 0.3) is 5.82 Å². The first-order chi connectivity index (χ1) is 9.84. The number of hydrogen-bond acceptors (Lipinski definition) is 4. The van der Waals surface area contributed by atoms with E-state index in [1.807, 2.05) is 36.5 Å². The second-order valence-electron chi connectivity index (χ2n) is 4.47. The van der Waals surface area contributed by atoms with Crippen molar-refractivity contribution in [2.24, 2.45) is 0 Å². The van der Waals surface area contributed by atoms with Gasteiger partial charge in [0, 0.05) is 37.0 Å². The van der Waals surface area contributed by atoms with Gasteiger partial charge >= 0.3 is 0 Å². The van der Waals surface area contributed by atoms with Gasteiger partial charge in [-0.25, -0.2) is 9.67 Å². The van der Waals surface area contributed by atoms with Crippen molar-refractivity contribution in [2.75, 3.05) is 5.32 Å². The standard InChI is InChI=1S/C15H15N5/c1-12(13-5-9-16-10-6-13)19-14-4-2-7-17-15(14)20-11-3-8-18-20/h2-12,19H,1H3. The molecule has 1 N–H and O–H groups in total. The van der Waals surface area contributed by atoms with Crippen molar-refractivity contribution in [2.45, 2.75) is 13.0 Å². The van der Waals surface area contributed by atoms with E-state index in [0.29, 0.717) is 0 Å². The highest BCUT2D eigenvalue weighted by Crippen LogP contribution is 2.22. The monoisotopic (exact) mass is 265 g/mol. The van der Waals surface area contributed by atoms with E-state index in [4.69, 9.17) is 0 Å². The van der Waals surface area contributed by atoms with Crippen LogP contribution in [-0.4, -0.2) is 19.7 Å². The topological polar surface area (TPSA) is 55.6 Å². The van der Waals surface area contributed by atoms with Gasteiger partial charge in [0.25, 0.3) is 0 Å². The first-order valence-corrected chi connectivity index (χ1v) is 6.46. The van der Waals surface area contributed by atoms with Crippen LogP contribution < -0.4 is 5.32 Å². The quantitative estimate of drug-likeness (QED) is 0.788. The molecule has 0 bridgehead atoms. The lowest BCUT2D eigenvalue weighted by Gasteiger charge is -2.17. The maximum absolute atomic E-state index is 4.39. The Morgan fingerprint density at radius 1 is 1.05 bits per heavy atom. The smallest absolute Gasteiger partial charge is 0.176 e. The maximum Gasteiger partial charge on any atom is 0.176 e. The molecule has 3 aromatic heterocycles. The molecule has 3 aromatic rings. The molecule has 5 heteroatoms. The molecule has 0 aliphatic heterocycles. The Morgan fingerprint density at radius 2 is 1.90 bits per heavy atom. The van der Waals surface area contributed by atoms with Gasteiger partial charge in [0.1, 0.15) is 0 Å². The van der Waals surface area contributed by atoms with Crippen LogP contribution in [0, 0.1) is 0 Å². The highest BCUT2D eigenvalue weighted by Gasteiger charge is 2.10. The third-order valence-corrected chi connectivity index (χ3v) is 3.09. The van der Waals surface area contributed by atoms with Crippen LogP contribution in [-0.2, 0) is 0 Å². The fourth-order valence-electron chi connectivity index (χ4n) is 2.06. The van der Waals surface area contributed by atoms with Crippen LogP contribution in [0.4, 0.5) is 5.69 Å². The Kier molecular flexibility index (Phi) is 3.41. The molecule has 0 fully saturated rings. The summed E-state index contributed by atoms with van der Waals surface area (Å²) < 4.78 is 1.75. The Bertz CT molecular complexity index is 664. The van der Waals surface area contributed by atoms with Gasteiger partial charge in [-0.1, -0.05) is 0 Å². The van der Waals surface area contributed by atoms with Crippen LogP contribution in [0.15, 0.2) is 61.3 Å². The van der Waals surface area contributed by atoms with Crippen LogP contribution in [0.5, 0.6) is 0 Å². The van der Waals surface area contributed by atoms with E-state index in [1.54, 1.807) is 29.5 Å². The molecule has 0 amide bonds. The minimum absolute atomic E-state index is 0.163. The van der Waals surface area contributed by atoms with Gasteiger partial charge < -0.3 is 5.32 Å². The van der Waals surface area contributed by atoms with E-state index in [-0.39, 0.29) is 6.04 Å². The summed E-state index contributed by atoms with van der Waals surface area (Å²) in [5, 5.41) is 7.70. The van der Waals surface area contributed by atoms with E-state index < -0.39 is 0 Å². The summed E-state index contributed by atoms with van der Waals surface area (Å²) >= 11 is 0. The highest BCUT2D eigenvalue weighted by atomic mass is 15.3. The Balaban J connectivity index is 1.88. The Morgan fingerprint density at radius 3 is 2.65 bits per heavy atom. The Labute approximate surface area is 117 Å². The number of pyridine rings is 2. The molecule has 0 saturated carbocycles. The van der Waals surface area contributed by atoms with Gasteiger partial charge in [-0.15, -0.1) is 0 Å². The van der Waals surface area contributed by atoms with Crippen molar-refractivity contribution >= 4 is 5.69 Å². The van der Waals surface area contributed by atoms with Crippen molar-refractivity contribution in [3.05, 3.63) is 66.9 Å². The number of aromatic nitrogens is 4. The predicted octanol–water partition coefficient (Wildman–Crippen LogP) is 2.84. The molecule has 100 valence electrons. The summed E-state index contributed by atoms with van der Waals surface area (Å²) in [7, 11) is 0. The molecule has 0 spiro atoms. The predicted molar refractivity (Wildman–Crippen MR) is 77.6 cm³/mol. The minimum atomic E-state index is 0.163. The molecule has 3 rings (SSSR count). The average Bonchev–Trinajstić information content (AvgIpc) is 3.03. The van der Waals surface area contributed by atoms with Crippen LogP contribution >= 0.6 is 0 Å². The second-order valence-corrected chi connectivity index (χ2v) is 4.47. The van der Waals surface area contributed by atoms with Crippen molar-refractivity contribution < 1.29 is 0 Å². The van der Waals surface area contributed by atoms with Crippen molar-refractivity contribution in [1.29, 1.82) is 0 Å². The molecule has 0 aliphatic rings. The van der Waals surface area contributed by atoms with E-state index in [1.165, 1.54) is 5.56 Å². The molecule has 0 aliphatic carbocycles. The lowest BCUT2D eigenvalue weighted by Crippen LogP contribution is -2.10. The minimum Gasteiger partial charge on any atom is -0.375 e. The van der Waals surface area contributed by atoms with Crippen molar-refractivity contribution in [1.82, 2.24) is 19.7 Å². The maximum atomic E-state index is 4.39. The van der Waals surface area contributed by atoms with Gasteiger partial charge in [0.2, 0.25) is 0 Å². The fraction of sp³-hybridized carbons (Fsp3) is 0.133. The lowest BCUT2D eigenvalue weighted by atomic mass is 10.1. The molecule has 0 aromatic carbocycles. The average molecular weight is 265 g/mol. The fourth-order valence-corrected chi connectivity index (χ4v) is 2.06. The van der Waals surface area contributed by atoms with Crippen molar-refractivity contribution in [3.63, 3.8) is 0 Å².